The van der Waals surface area contributed by atoms with Crippen LogP contribution in [0.2, 0.25) is 0 Å². The molecule has 1 saturated carbocycles. The third-order valence-corrected chi connectivity index (χ3v) is 4.26. The molecule has 0 bridgehead atoms. The van der Waals surface area contributed by atoms with Crippen LogP contribution < -0.4 is 5.32 Å². The van der Waals surface area contributed by atoms with Gasteiger partial charge in [-0.15, -0.1) is 5.10 Å². The number of aromatic nitrogens is 3. The zero-order valence-corrected chi connectivity index (χ0v) is 10.4. The molecule has 1 aliphatic carbocycles. The lowest BCUT2D eigenvalue weighted by Crippen LogP contribution is -2.19. The number of nitrogens with one attached hydrogen (secondary N) is 1. The van der Waals surface area contributed by atoms with Crippen molar-refractivity contribution in [3.05, 3.63) is 11.9 Å². The molecular weight excluding hydrogens is 212 g/mol. The van der Waals surface area contributed by atoms with Crippen molar-refractivity contribution in [2.75, 3.05) is 13.1 Å². The zero-order valence-electron chi connectivity index (χ0n) is 10.4. The Morgan fingerprint density at radius 2 is 2.12 bits per heavy atom. The first-order valence-electron chi connectivity index (χ1n) is 7.02. The summed E-state index contributed by atoms with van der Waals surface area (Å²) < 4.78 is 2.17. The number of hydrogen-bond acceptors (Lipinski definition) is 3. The van der Waals surface area contributed by atoms with Gasteiger partial charge in [0.2, 0.25) is 0 Å². The van der Waals surface area contributed by atoms with Crippen molar-refractivity contribution in [3.63, 3.8) is 0 Å². The first-order chi connectivity index (χ1) is 8.43. The molecule has 1 N–H and O–H groups in total. The molecule has 4 nitrogen and oxygen atoms in total. The molecular formula is C13H22N4. The molecule has 1 atom stereocenters. The Morgan fingerprint density at radius 3 is 2.88 bits per heavy atom. The van der Waals surface area contributed by atoms with E-state index in [4.69, 9.17) is 0 Å². The smallest absolute Gasteiger partial charge is 0.0728 e. The van der Waals surface area contributed by atoms with E-state index < -0.39 is 0 Å². The van der Waals surface area contributed by atoms with Gasteiger partial charge in [-0.1, -0.05) is 24.5 Å². The SMILES string of the molecule is c1nnn(CC2CCNC2)c1C1CCCCC1. The van der Waals surface area contributed by atoms with E-state index in [1.165, 1.54) is 44.2 Å². The lowest BCUT2D eigenvalue weighted by Gasteiger charge is -2.22. The summed E-state index contributed by atoms with van der Waals surface area (Å²) >= 11 is 0. The number of rotatable bonds is 3. The zero-order chi connectivity index (χ0) is 11.5. The Balaban J connectivity index is 1.69. The third-order valence-electron chi connectivity index (χ3n) is 4.26. The summed E-state index contributed by atoms with van der Waals surface area (Å²) in [5.74, 6) is 1.46. The maximum absolute atomic E-state index is 4.29. The molecule has 0 aromatic carbocycles. The maximum Gasteiger partial charge on any atom is 0.0728 e. The first-order valence-corrected chi connectivity index (χ1v) is 7.02. The van der Waals surface area contributed by atoms with Crippen LogP contribution in [0.3, 0.4) is 0 Å². The van der Waals surface area contributed by atoms with E-state index in [0.29, 0.717) is 5.92 Å². The van der Waals surface area contributed by atoms with Crippen molar-refractivity contribution in [2.45, 2.75) is 51.0 Å². The van der Waals surface area contributed by atoms with Crippen LogP contribution in [0.1, 0.15) is 50.1 Å². The molecule has 0 spiro atoms. The Bertz CT molecular complexity index is 348. The number of nitrogens with zero attached hydrogens (tertiary/aromatic N) is 3. The highest BCUT2D eigenvalue weighted by Gasteiger charge is 2.22. The Kier molecular flexibility index (Phi) is 3.41. The molecule has 1 saturated heterocycles. The Hall–Kier alpha value is -0.900. The minimum atomic E-state index is 0.716. The Labute approximate surface area is 103 Å². The van der Waals surface area contributed by atoms with E-state index in [1.807, 2.05) is 6.20 Å². The van der Waals surface area contributed by atoms with Crippen LogP contribution in [0, 0.1) is 5.92 Å². The van der Waals surface area contributed by atoms with Crippen molar-refractivity contribution in [3.8, 4) is 0 Å². The van der Waals surface area contributed by atoms with Gasteiger partial charge in [0.1, 0.15) is 0 Å². The predicted octanol–water partition coefficient (Wildman–Crippen LogP) is 1.94. The summed E-state index contributed by atoms with van der Waals surface area (Å²) in [6, 6.07) is 0. The van der Waals surface area contributed by atoms with Crippen molar-refractivity contribution in [2.24, 2.45) is 5.92 Å². The van der Waals surface area contributed by atoms with Crippen molar-refractivity contribution < 1.29 is 0 Å². The van der Waals surface area contributed by atoms with Gasteiger partial charge in [-0.25, -0.2) is 4.68 Å². The topological polar surface area (TPSA) is 42.7 Å². The van der Waals surface area contributed by atoms with Gasteiger partial charge < -0.3 is 5.32 Å². The summed E-state index contributed by atoms with van der Waals surface area (Å²) in [5, 5.41) is 11.8. The molecule has 1 aliphatic heterocycles. The van der Waals surface area contributed by atoms with Crippen LogP contribution in [0.5, 0.6) is 0 Å². The summed E-state index contributed by atoms with van der Waals surface area (Å²) in [5.41, 5.74) is 1.39. The lowest BCUT2D eigenvalue weighted by molar-refractivity contribution is 0.383. The predicted molar refractivity (Wildman–Crippen MR) is 66.8 cm³/mol. The summed E-state index contributed by atoms with van der Waals surface area (Å²) in [4.78, 5) is 0. The average molecular weight is 234 g/mol. The Morgan fingerprint density at radius 1 is 1.24 bits per heavy atom. The van der Waals surface area contributed by atoms with Gasteiger partial charge in [0.05, 0.1) is 11.9 Å². The standard InChI is InChI=1S/C13H22N4/c1-2-4-12(5-3-1)13-9-15-16-17(13)10-11-6-7-14-8-11/h9,11-12,14H,1-8,10H2. The van der Waals surface area contributed by atoms with Gasteiger partial charge in [-0.3, -0.25) is 0 Å². The molecule has 1 unspecified atom stereocenters. The molecule has 1 aromatic rings. The number of hydrogen-bond donors (Lipinski definition) is 1. The molecule has 0 radical (unpaired) electrons. The van der Waals surface area contributed by atoms with Crippen molar-refractivity contribution >= 4 is 0 Å². The van der Waals surface area contributed by atoms with Gasteiger partial charge in [0.15, 0.2) is 0 Å². The fourth-order valence-electron chi connectivity index (χ4n) is 3.24. The molecule has 2 aliphatic rings. The van der Waals surface area contributed by atoms with Crippen molar-refractivity contribution in [1.82, 2.24) is 20.3 Å². The van der Waals surface area contributed by atoms with Crippen LogP contribution in [-0.4, -0.2) is 28.1 Å². The van der Waals surface area contributed by atoms with E-state index in [-0.39, 0.29) is 0 Å². The minimum Gasteiger partial charge on any atom is -0.316 e. The van der Waals surface area contributed by atoms with Gasteiger partial charge in [0, 0.05) is 12.5 Å². The van der Waals surface area contributed by atoms with Crippen LogP contribution in [-0.2, 0) is 6.54 Å². The quantitative estimate of drug-likeness (QED) is 0.869. The van der Waals surface area contributed by atoms with E-state index in [1.54, 1.807) is 0 Å². The third kappa shape index (κ3) is 2.51. The second-order valence-electron chi connectivity index (χ2n) is 5.53. The maximum atomic E-state index is 4.29. The van der Waals surface area contributed by atoms with Gasteiger partial charge in [0.25, 0.3) is 0 Å². The summed E-state index contributed by atoms with van der Waals surface area (Å²) in [6.45, 7) is 3.36. The highest BCUT2D eigenvalue weighted by molar-refractivity contribution is 5.04. The van der Waals surface area contributed by atoms with Crippen LogP contribution in [0.15, 0.2) is 6.20 Å². The summed E-state index contributed by atoms with van der Waals surface area (Å²) in [6.07, 6.45) is 10.1. The minimum absolute atomic E-state index is 0.716. The second kappa shape index (κ2) is 5.17. The molecule has 94 valence electrons. The highest BCUT2D eigenvalue weighted by Crippen LogP contribution is 2.32. The molecule has 3 rings (SSSR count). The van der Waals surface area contributed by atoms with Gasteiger partial charge in [-0.05, 0) is 38.3 Å². The van der Waals surface area contributed by atoms with E-state index in [9.17, 15) is 0 Å². The lowest BCUT2D eigenvalue weighted by atomic mass is 9.87. The monoisotopic (exact) mass is 234 g/mol. The van der Waals surface area contributed by atoms with E-state index in [2.05, 4.69) is 20.3 Å². The summed E-state index contributed by atoms with van der Waals surface area (Å²) in [7, 11) is 0. The molecule has 17 heavy (non-hydrogen) atoms. The van der Waals surface area contributed by atoms with Crippen LogP contribution in [0.25, 0.3) is 0 Å². The van der Waals surface area contributed by atoms with E-state index >= 15 is 0 Å². The second-order valence-corrected chi connectivity index (χ2v) is 5.53. The first kappa shape index (κ1) is 11.2. The fourth-order valence-corrected chi connectivity index (χ4v) is 3.24. The van der Waals surface area contributed by atoms with Crippen LogP contribution in [0.4, 0.5) is 0 Å². The highest BCUT2D eigenvalue weighted by atomic mass is 15.4. The molecule has 2 heterocycles. The normalized spacial score (nSPS) is 26.5. The van der Waals surface area contributed by atoms with Gasteiger partial charge in [-0.2, -0.15) is 0 Å². The fraction of sp³-hybridized carbons (Fsp3) is 0.846. The molecule has 4 heteroatoms. The molecule has 0 amide bonds. The van der Waals surface area contributed by atoms with E-state index in [0.717, 1.165) is 25.6 Å². The van der Waals surface area contributed by atoms with Crippen LogP contribution >= 0.6 is 0 Å². The molecule has 2 fully saturated rings. The van der Waals surface area contributed by atoms with Gasteiger partial charge >= 0.3 is 0 Å². The van der Waals surface area contributed by atoms with Crippen molar-refractivity contribution in [1.29, 1.82) is 0 Å². The molecule has 1 aromatic heterocycles. The largest absolute Gasteiger partial charge is 0.316 e. The average Bonchev–Trinajstić information content (AvgIpc) is 3.02.